The topological polar surface area (TPSA) is 146 Å². The number of likely N-dealkylation sites (N-methyl/N-ethyl adjacent to an activating group) is 1. The number of ketones is 1. The molecule has 3 aliphatic rings. The number of nitrogens with one attached hydrogen (secondary N) is 1. The van der Waals surface area contributed by atoms with E-state index in [9.17, 15) is 29.9 Å². The van der Waals surface area contributed by atoms with Crippen molar-refractivity contribution in [3.8, 4) is 6.07 Å². The van der Waals surface area contributed by atoms with Crippen molar-refractivity contribution >= 4 is 40.7 Å². The number of Topliss-reactive ketones (excluding diaryl/α,β-unsaturated/α-hetero) is 1. The Morgan fingerprint density at radius 3 is 2.14 bits per heavy atom. The number of benzene rings is 2. The molecule has 2 aromatic rings. The summed E-state index contributed by atoms with van der Waals surface area (Å²) in [5.41, 5.74) is 4.75. The molecule has 0 bridgehead atoms. The first-order chi connectivity index (χ1) is 20.7. The lowest BCUT2D eigenvalue weighted by Gasteiger charge is -2.30. The number of carbonyl (C=O) groups is 3. The molecule has 5 rings (SSSR count). The highest BCUT2D eigenvalue weighted by Crippen LogP contribution is 2.50. The van der Waals surface area contributed by atoms with Crippen LogP contribution in [0.5, 0.6) is 0 Å². The minimum atomic E-state index is -1.03. The maximum atomic E-state index is 13.9. The number of rotatable bonds is 7. The van der Waals surface area contributed by atoms with Crippen molar-refractivity contribution in [2.75, 3.05) is 18.0 Å². The van der Waals surface area contributed by atoms with E-state index >= 15 is 0 Å². The number of nitrogens with zero attached hydrogens (tertiary/aromatic N) is 3. The van der Waals surface area contributed by atoms with Crippen molar-refractivity contribution in [3.63, 3.8) is 0 Å². The molecule has 2 aliphatic heterocycles. The van der Waals surface area contributed by atoms with Crippen molar-refractivity contribution in [1.82, 2.24) is 0 Å². The second-order valence-corrected chi connectivity index (χ2v) is 12.0. The van der Waals surface area contributed by atoms with E-state index in [2.05, 4.69) is 5.87 Å². The third-order valence-corrected chi connectivity index (χ3v) is 8.99. The number of hydrogen-bond donors (Lipinski definition) is 3. The fraction of sp³-hybridized carbons (Fsp3) is 0.286. The summed E-state index contributed by atoms with van der Waals surface area (Å²) < 4.78 is 2.03. The summed E-state index contributed by atoms with van der Waals surface area (Å²) in [5, 5.41) is 37.0. The highest BCUT2D eigenvalue weighted by molar-refractivity contribution is 6.27. The molecule has 44 heavy (non-hydrogen) atoms. The first kappa shape index (κ1) is 30.1. The van der Waals surface area contributed by atoms with E-state index in [0.717, 1.165) is 33.9 Å². The first-order valence-corrected chi connectivity index (χ1v) is 14.4. The Kier molecular flexibility index (Phi) is 7.15. The van der Waals surface area contributed by atoms with Crippen LogP contribution in [0.25, 0.3) is 0 Å². The number of carboxylic acid groups (broad SMARTS) is 2. The summed E-state index contributed by atoms with van der Waals surface area (Å²) in [6, 6.07) is 12.0. The first-order valence-electron chi connectivity index (χ1n) is 14.4. The van der Waals surface area contributed by atoms with E-state index in [1.54, 1.807) is 48.6 Å². The van der Waals surface area contributed by atoms with Crippen molar-refractivity contribution in [2.45, 2.75) is 52.4 Å². The molecule has 0 saturated carbocycles. The number of hydrogen-bond acceptors (Lipinski definition) is 6. The van der Waals surface area contributed by atoms with Crippen LogP contribution in [-0.2, 0) is 15.6 Å². The second-order valence-electron chi connectivity index (χ2n) is 12.0. The Morgan fingerprint density at radius 2 is 1.59 bits per heavy atom. The van der Waals surface area contributed by atoms with Gasteiger partial charge >= 0.3 is 11.9 Å². The summed E-state index contributed by atoms with van der Waals surface area (Å²) in [7, 11) is 0. The molecule has 0 aromatic heterocycles. The summed E-state index contributed by atoms with van der Waals surface area (Å²) in [6.45, 7) is 12.9. The number of nitriles is 1. The molecular weight excluding hydrogens is 556 g/mol. The van der Waals surface area contributed by atoms with Crippen molar-refractivity contribution < 1.29 is 29.2 Å². The van der Waals surface area contributed by atoms with Crippen molar-refractivity contribution in [3.05, 3.63) is 98.8 Å². The van der Waals surface area contributed by atoms with Crippen LogP contribution in [0.2, 0.25) is 0 Å². The Hall–Kier alpha value is -5.32. The predicted molar refractivity (Wildman–Crippen MR) is 166 cm³/mol. The molecular formula is C35H33N4O5+. The Bertz CT molecular complexity index is 1920. The van der Waals surface area contributed by atoms with Crippen molar-refractivity contribution in [2.24, 2.45) is 0 Å². The van der Waals surface area contributed by atoms with Crippen LogP contribution in [-0.4, -0.2) is 57.2 Å². The fourth-order valence-corrected chi connectivity index (χ4v) is 6.64. The minimum absolute atomic E-state index is 0.0719. The van der Waals surface area contributed by atoms with E-state index in [1.165, 1.54) is 0 Å². The molecule has 222 valence electrons. The molecule has 2 aromatic carbocycles. The lowest BCUT2D eigenvalue weighted by atomic mass is 9.73. The van der Waals surface area contributed by atoms with Gasteiger partial charge in [0.25, 0.3) is 0 Å². The van der Waals surface area contributed by atoms with Gasteiger partial charge in [-0.25, -0.2) is 9.59 Å². The summed E-state index contributed by atoms with van der Waals surface area (Å²) >= 11 is 0. The SMILES string of the molecule is CCN1/C(=C/C2=C(C(=C=N)C#N)C(=C/C3=[N+](CC)c4ccc(C(=O)O)cc4C3(C)C)/C2=O)C(C)(C)c2cc(C(=O)O)ccc21. The normalized spacial score (nSPS) is 19.5. The van der Waals surface area contributed by atoms with Gasteiger partial charge in [0.05, 0.1) is 16.5 Å². The van der Waals surface area contributed by atoms with Gasteiger partial charge in [-0.05, 0) is 75.5 Å². The molecule has 1 aliphatic carbocycles. The van der Waals surface area contributed by atoms with E-state index in [-0.39, 0.29) is 33.6 Å². The van der Waals surface area contributed by atoms with Crippen LogP contribution in [0.1, 0.15) is 73.4 Å². The van der Waals surface area contributed by atoms with E-state index < -0.39 is 22.8 Å². The third kappa shape index (κ3) is 4.26. The highest BCUT2D eigenvalue weighted by Gasteiger charge is 2.47. The quantitative estimate of drug-likeness (QED) is 0.163. The van der Waals surface area contributed by atoms with Gasteiger partial charge in [-0.3, -0.25) is 10.2 Å². The van der Waals surface area contributed by atoms with Gasteiger partial charge < -0.3 is 15.1 Å². The Balaban J connectivity index is 1.69. The second kappa shape index (κ2) is 10.4. The van der Waals surface area contributed by atoms with Crippen LogP contribution in [0.15, 0.2) is 76.5 Å². The molecule has 2 heterocycles. The minimum Gasteiger partial charge on any atom is -0.478 e. The largest absolute Gasteiger partial charge is 0.478 e. The average molecular weight is 590 g/mol. The van der Waals surface area contributed by atoms with Crippen LogP contribution in [0, 0.1) is 16.7 Å². The van der Waals surface area contributed by atoms with Gasteiger partial charge in [0, 0.05) is 57.8 Å². The van der Waals surface area contributed by atoms with Gasteiger partial charge in [0.2, 0.25) is 5.69 Å². The zero-order valence-electron chi connectivity index (χ0n) is 25.5. The van der Waals surface area contributed by atoms with E-state index in [0.29, 0.717) is 18.7 Å². The highest BCUT2D eigenvalue weighted by atomic mass is 16.4. The standard InChI is InChI=1S/C35H32N4O5/c1-7-38-26-11-9-19(32(41)42)13-24(26)34(3,4)28(38)15-22-30(21(17-36)18-37)23(31(22)40)16-29-35(5,6)25-14-20(33(43)44)10-12-27(25)39(29)8-2/h9-16,36H,7-8H2,1-6H3,(H-,41,42,43,44)/p+1. The molecule has 0 unspecified atom stereocenters. The zero-order valence-corrected chi connectivity index (χ0v) is 25.5. The van der Waals surface area contributed by atoms with Gasteiger partial charge in [-0.1, -0.05) is 13.8 Å². The zero-order chi connectivity index (χ0) is 32.3. The third-order valence-electron chi connectivity index (χ3n) is 8.99. The number of aromatic carboxylic acids is 2. The fourth-order valence-electron chi connectivity index (χ4n) is 6.64. The maximum Gasteiger partial charge on any atom is 0.335 e. The predicted octanol–water partition coefficient (Wildman–Crippen LogP) is 5.68. The van der Waals surface area contributed by atoms with Crippen LogP contribution < -0.4 is 4.90 Å². The van der Waals surface area contributed by atoms with Gasteiger partial charge in [-0.15, -0.1) is 0 Å². The van der Waals surface area contributed by atoms with Crippen LogP contribution >= 0.6 is 0 Å². The number of fused-ring (bicyclic) bond motifs is 2. The van der Waals surface area contributed by atoms with Gasteiger partial charge in [0.15, 0.2) is 11.5 Å². The summed E-state index contributed by atoms with van der Waals surface area (Å²) in [6.07, 6.45) is 3.51. The molecule has 0 spiro atoms. The van der Waals surface area contributed by atoms with Crippen LogP contribution in [0.4, 0.5) is 11.4 Å². The lowest BCUT2D eigenvalue weighted by Crippen LogP contribution is -2.32. The molecule has 0 fully saturated rings. The van der Waals surface area contributed by atoms with Crippen LogP contribution in [0.3, 0.4) is 0 Å². The number of allylic oxidation sites excluding steroid dienone is 7. The van der Waals surface area contributed by atoms with E-state index in [1.807, 2.05) is 57.1 Å². The molecule has 0 amide bonds. The van der Waals surface area contributed by atoms with Crippen molar-refractivity contribution in [1.29, 1.82) is 10.7 Å². The molecule has 9 nitrogen and oxygen atoms in total. The molecule has 9 heteroatoms. The smallest absolute Gasteiger partial charge is 0.335 e. The van der Waals surface area contributed by atoms with Gasteiger partial charge in [0.1, 0.15) is 18.2 Å². The molecule has 0 saturated heterocycles. The monoisotopic (exact) mass is 589 g/mol. The van der Waals surface area contributed by atoms with Gasteiger partial charge in [-0.2, -0.15) is 9.84 Å². The average Bonchev–Trinajstić information content (AvgIpc) is 3.34. The number of carbonyl (C=O) groups excluding carboxylic acids is 1. The number of carboxylic acids is 2. The summed E-state index contributed by atoms with van der Waals surface area (Å²) in [4.78, 5) is 39.4. The molecule has 3 N–H and O–H groups in total. The maximum absolute atomic E-state index is 13.9. The molecule has 0 radical (unpaired) electrons. The number of anilines is 1. The Labute approximate surface area is 255 Å². The Morgan fingerprint density at radius 1 is 0.977 bits per heavy atom. The lowest BCUT2D eigenvalue weighted by molar-refractivity contribution is -0.433. The summed E-state index contributed by atoms with van der Waals surface area (Å²) in [5.74, 6) is -0.128. The van der Waals surface area contributed by atoms with E-state index in [4.69, 9.17) is 5.41 Å². The molecule has 0 atom stereocenters.